The summed E-state index contributed by atoms with van der Waals surface area (Å²) in [5, 5.41) is 8.88. The van der Waals surface area contributed by atoms with Gasteiger partial charge in [-0.25, -0.2) is 0 Å². The van der Waals surface area contributed by atoms with Gasteiger partial charge in [0, 0.05) is 25.6 Å². The van der Waals surface area contributed by atoms with E-state index in [9.17, 15) is 4.79 Å². The Bertz CT molecular complexity index is 431. The Balaban J connectivity index is 1.69. The van der Waals surface area contributed by atoms with Gasteiger partial charge in [0.25, 0.3) is 0 Å². The molecule has 3 nitrogen and oxygen atoms in total. The molecule has 1 heterocycles. The molecule has 1 saturated carbocycles. The smallest absolute Gasteiger partial charge is 0.303 e. The molecular weight excluding hydrogens is 226 g/mol. The first-order valence-corrected chi connectivity index (χ1v) is 6.69. The van der Waals surface area contributed by atoms with E-state index in [1.807, 2.05) is 18.2 Å². The molecule has 0 bridgehead atoms. The summed E-state index contributed by atoms with van der Waals surface area (Å²) in [6.07, 6.45) is 3.70. The molecule has 3 heteroatoms. The molecular formula is C15H19NO2. The Hall–Kier alpha value is -1.35. The topological polar surface area (TPSA) is 40.5 Å². The zero-order valence-corrected chi connectivity index (χ0v) is 10.5. The average Bonchev–Trinajstić information content (AvgIpc) is 3.10. The second-order valence-electron chi connectivity index (χ2n) is 5.76. The van der Waals surface area contributed by atoms with Crippen molar-refractivity contribution in [1.29, 1.82) is 0 Å². The number of benzene rings is 1. The Labute approximate surface area is 107 Å². The fourth-order valence-corrected chi connectivity index (χ4v) is 3.02. The van der Waals surface area contributed by atoms with Crippen molar-refractivity contribution in [2.45, 2.75) is 31.7 Å². The minimum atomic E-state index is -0.697. The van der Waals surface area contributed by atoms with Gasteiger partial charge in [-0.05, 0) is 30.2 Å². The van der Waals surface area contributed by atoms with Crippen molar-refractivity contribution in [3.63, 3.8) is 0 Å². The number of carboxylic acid groups (broad SMARTS) is 1. The van der Waals surface area contributed by atoms with Crippen molar-refractivity contribution in [2.24, 2.45) is 5.41 Å². The average molecular weight is 245 g/mol. The van der Waals surface area contributed by atoms with Crippen LogP contribution in [-0.4, -0.2) is 29.1 Å². The number of carbonyl (C=O) groups is 1. The first-order valence-electron chi connectivity index (χ1n) is 6.69. The summed E-state index contributed by atoms with van der Waals surface area (Å²) < 4.78 is 0. The first kappa shape index (κ1) is 11.7. The number of hydrogen-bond donors (Lipinski definition) is 1. The molecule has 0 aromatic heterocycles. The SMILES string of the molecule is O=C(O)CCC(c1ccccc1)N1CC2(CC2)C1. The van der Waals surface area contributed by atoms with Crippen LogP contribution in [0.15, 0.2) is 30.3 Å². The molecule has 96 valence electrons. The molecule has 3 rings (SSSR count). The monoisotopic (exact) mass is 245 g/mol. The largest absolute Gasteiger partial charge is 0.481 e. The summed E-state index contributed by atoms with van der Waals surface area (Å²) in [6, 6.07) is 10.6. The minimum absolute atomic E-state index is 0.253. The lowest BCUT2D eigenvalue weighted by molar-refractivity contribution is -0.137. The van der Waals surface area contributed by atoms with Crippen molar-refractivity contribution < 1.29 is 9.90 Å². The van der Waals surface area contributed by atoms with E-state index in [0.717, 1.165) is 19.5 Å². The van der Waals surface area contributed by atoms with Crippen molar-refractivity contribution in [3.8, 4) is 0 Å². The number of hydrogen-bond acceptors (Lipinski definition) is 2. The second-order valence-corrected chi connectivity index (χ2v) is 5.76. The van der Waals surface area contributed by atoms with Gasteiger partial charge in [-0.15, -0.1) is 0 Å². The molecule has 0 amide bonds. The third kappa shape index (κ3) is 2.27. The first-order chi connectivity index (χ1) is 8.69. The predicted molar refractivity (Wildman–Crippen MR) is 69.3 cm³/mol. The van der Waals surface area contributed by atoms with E-state index in [0.29, 0.717) is 5.41 Å². The standard InChI is InChI=1S/C15H19NO2/c17-14(18)7-6-13(12-4-2-1-3-5-12)16-10-15(11-16)8-9-15/h1-5,13H,6-11H2,(H,17,18). The van der Waals surface area contributed by atoms with Crippen molar-refractivity contribution in [3.05, 3.63) is 35.9 Å². The lowest BCUT2D eigenvalue weighted by Gasteiger charge is -2.45. The maximum atomic E-state index is 10.8. The van der Waals surface area contributed by atoms with Gasteiger partial charge in [0.15, 0.2) is 0 Å². The van der Waals surface area contributed by atoms with Crippen molar-refractivity contribution in [1.82, 2.24) is 4.90 Å². The van der Waals surface area contributed by atoms with Crippen molar-refractivity contribution in [2.75, 3.05) is 13.1 Å². The zero-order valence-electron chi connectivity index (χ0n) is 10.5. The Morgan fingerprint density at radius 1 is 1.28 bits per heavy atom. The third-order valence-corrected chi connectivity index (χ3v) is 4.29. The van der Waals surface area contributed by atoms with E-state index in [4.69, 9.17) is 5.11 Å². The second kappa shape index (κ2) is 4.39. The highest BCUT2D eigenvalue weighted by Gasteiger charge is 2.53. The highest BCUT2D eigenvalue weighted by Crippen LogP contribution is 2.55. The van der Waals surface area contributed by atoms with Crippen LogP contribution in [0.5, 0.6) is 0 Å². The fraction of sp³-hybridized carbons (Fsp3) is 0.533. The molecule has 1 spiro atoms. The van der Waals surface area contributed by atoms with Crippen LogP contribution < -0.4 is 0 Å². The lowest BCUT2D eigenvalue weighted by Crippen LogP contribution is -2.50. The summed E-state index contributed by atoms with van der Waals surface area (Å²) in [7, 11) is 0. The molecule has 1 aromatic rings. The third-order valence-electron chi connectivity index (χ3n) is 4.29. The highest BCUT2D eigenvalue weighted by atomic mass is 16.4. The van der Waals surface area contributed by atoms with E-state index in [-0.39, 0.29) is 12.5 Å². The molecule has 18 heavy (non-hydrogen) atoms. The molecule has 1 saturated heterocycles. The molecule has 1 N–H and O–H groups in total. The predicted octanol–water partition coefficient (Wildman–Crippen LogP) is 2.69. The van der Waals surface area contributed by atoms with Crippen molar-refractivity contribution >= 4 is 5.97 Å². The van der Waals surface area contributed by atoms with Gasteiger partial charge < -0.3 is 5.11 Å². The van der Waals surface area contributed by atoms with E-state index in [2.05, 4.69) is 17.0 Å². The van der Waals surface area contributed by atoms with Gasteiger partial charge >= 0.3 is 5.97 Å². The van der Waals surface area contributed by atoms with Crippen LogP contribution in [-0.2, 0) is 4.79 Å². The number of likely N-dealkylation sites (tertiary alicyclic amines) is 1. The molecule has 1 aliphatic heterocycles. The summed E-state index contributed by atoms with van der Waals surface area (Å²) in [4.78, 5) is 13.2. The van der Waals surface area contributed by atoms with Gasteiger partial charge in [-0.3, -0.25) is 9.69 Å². The lowest BCUT2D eigenvalue weighted by atomic mass is 9.90. The van der Waals surface area contributed by atoms with Crippen LogP contribution in [0.2, 0.25) is 0 Å². The fourth-order valence-electron chi connectivity index (χ4n) is 3.02. The van der Waals surface area contributed by atoms with Gasteiger partial charge in [0.2, 0.25) is 0 Å². The zero-order chi connectivity index (χ0) is 12.6. The van der Waals surface area contributed by atoms with Crippen LogP contribution in [0.25, 0.3) is 0 Å². The Kier molecular flexibility index (Phi) is 2.86. The Morgan fingerprint density at radius 2 is 1.94 bits per heavy atom. The van der Waals surface area contributed by atoms with Crippen LogP contribution in [0.3, 0.4) is 0 Å². The van der Waals surface area contributed by atoms with Crippen LogP contribution in [0.1, 0.15) is 37.3 Å². The quantitative estimate of drug-likeness (QED) is 0.867. The normalized spacial score (nSPS) is 22.4. The molecule has 1 aliphatic carbocycles. The maximum Gasteiger partial charge on any atom is 0.303 e. The number of carboxylic acids is 1. The van der Waals surface area contributed by atoms with Crippen LogP contribution in [0.4, 0.5) is 0 Å². The molecule has 1 aromatic carbocycles. The van der Waals surface area contributed by atoms with Gasteiger partial charge in [-0.2, -0.15) is 0 Å². The van der Waals surface area contributed by atoms with Crippen LogP contribution in [0, 0.1) is 5.41 Å². The molecule has 2 fully saturated rings. The molecule has 1 atom stereocenters. The summed E-state index contributed by atoms with van der Waals surface area (Å²) >= 11 is 0. The number of aliphatic carboxylic acids is 1. The van der Waals surface area contributed by atoms with Gasteiger partial charge in [0.05, 0.1) is 0 Å². The summed E-state index contributed by atoms with van der Waals surface area (Å²) in [5.74, 6) is -0.697. The van der Waals surface area contributed by atoms with E-state index < -0.39 is 5.97 Å². The number of nitrogens with zero attached hydrogens (tertiary/aromatic N) is 1. The minimum Gasteiger partial charge on any atom is -0.481 e. The molecule has 0 radical (unpaired) electrons. The van der Waals surface area contributed by atoms with E-state index >= 15 is 0 Å². The Morgan fingerprint density at radius 3 is 2.50 bits per heavy atom. The summed E-state index contributed by atoms with van der Waals surface area (Å²) in [5.41, 5.74) is 1.88. The van der Waals surface area contributed by atoms with E-state index in [1.165, 1.54) is 18.4 Å². The molecule has 2 aliphatic rings. The maximum absolute atomic E-state index is 10.8. The van der Waals surface area contributed by atoms with E-state index in [1.54, 1.807) is 0 Å². The molecule has 1 unspecified atom stereocenters. The van der Waals surface area contributed by atoms with Crippen LogP contribution >= 0.6 is 0 Å². The summed E-state index contributed by atoms with van der Waals surface area (Å²) in [6.45, 7) is 2.32. The highest BCUT2D eigenvalue weighted by molar-refractivity contribution is 5.66. The number of rotatable bonds is 5. The van der Waals surface area contributed by atoms with Gasteiger partial charge in [-0.1, -0.05) is 30.3 Å². The van der Waals surface area contributed by atoms with Gasteiger partial charge in [0.1, 0.15) is 0 Å².